The van der Waals surface area contributed by atoms with Crippen molar-refractivity contribution in [3.63, 3.8) is 0 Å². The molecule has 3 aromatic heterocycles. The van der Waals surface area contributed by atoms with Gasteiger partial charge in [0.25, 0.3) is 0 Å². The standard InChI is InChI=1S/C49H33N3/c1-32-21-25-35(26-22-32)50-46-19-8-4-15-40(46)42-29-33(23-27-48(42)50)34-24-28-49-43(30-34)41-16-5-9-20-47(41)52(49)37-12-10-11-36(31-37)51-44-17-6-2-13-38(44)39-14-3-7-18-45(39)51/h2-31H,1H3. The first kappa shape index (κ1) is 28.9. The second-order valence-corrected chi connectivity index (χ2v) is 13.9. The van der Waals surface area contributed by atoms with Gasteiger partial charge in [0.15, 0.2) is 0 Å². The third-order valence-electron chi connectivity index (χ3n) is 10.9. The average Bonchev–Trinajstić information content (AvgIpc) is 3.84. The number of benzene rings is 8. The molecule has 0 aliphatic rings. The van der Waals surface area contributed by atoms with Gasteiger partial charge in [0.1, 0.15) is 0 Å². The minimum absolute atomic E-state index is 1.14. The molecule has 3 nitrogen and oxygen atoms in total. The van der Waals surface area contributed by atoms with Gasteiger partial charge in [0.2, 0.25) is 0 Å². The predicted molar refractivity (Wildman–Crippen MR) is 220 cm³/mol. The largest absolute Gasteiger partial charge is 0.309 e. The Labute approximate surface area is 300 Å². The van der Waals surface area contributed by atoms with Crippen LogP contribution in [0.2, 0.25) is 0 Å². The van der Waals surface area contributed by atoms with Gasteiger partial charge in [0.05, 0.1) is 33.1 Å². The fraction of sp³-hybridized carbons (Fsp3) is 0.0204. The molecule has 0 saturated heterocycles. The number of rotatable bonds is 4. The van der Waals surface area contributed by atoms with Gasteiger partial charge in [-0.15, -0.1) is 0 Å². The molecular formula is C49H33N3. The molecule has 0 radical (unpaired) electrons. The Morgan fingerprint density at radius 3 is 1.08 bits per heavy atom. The summed E-state index contributed by atoms with van der Waals surface area (Å²) in [4.78, 5) is 0. The van der Waals surface area contributed by atoms with Crippen LogP contribution in [0.25, 0.3) is 93.6 Å². The van der Waals surface area contributed by atoms with Crippen molar-refractivity contribution in [3.05, 3.63) is 188 Å². The highest BCUT2D eigenvalue weighted by Gasteiger charge is 2.17. The minimum atomic E-state index is 1.14. The van der Waals surface area contributed by atoms with Crippen LogP contribution >= 0.6 is 0 Å². The molecular weight excluding hydrogens is 631 g/mol. The van der Waals surface area contributed by atoms with E-state index in [1.165, 1.54) is 87.8 Å². The first-order chi connectivity index (χ1) is 25.7. The van der Waals surface area contributed by atoms with Crippen LogP contribution in [-0.2, 0) is 0 Å². The van der Waals surface area contributed by atoms with Crippen LogP contribution < -0.4 is 0 Å². The van der Waals surface area contributed by atoms with Gasteiger partial charge >= 0.3 is 0 Å². The monoisotopic (exact) mass is 663 g/mol. The SMILES string of the molecule is Cc1ccc(-n2c3ccccc3c3cc(-c4ccc5c(c4)c4ccccc4n5-c4cccc(-n5c6ccccc6c6ccccc65)c4)ccc32)cc1. The van der Waals surface area contributed by atoms with E-state index >= 15 is 0 Å². The molecule has 3 heterocycles. The van der Waals surface area contributed by atoms with Crippen LogP contribution in [0.4, 0.5) is 0 Å². The minimum Gasteiger partial charge on any atom is -0.309 e. The van der Waals surface area contributed by atoms with Crippen LogP contribution in [0.15, 0.2) is 182 Å². The number of nitrogens with zero attached hydrogens (tertiary/aromatic N) is 3. The van der Waals surface area contributed by atoms with Gasteiger partial charge in [-0.2, -0.15) is 0 Å². The van der Waals surface area contributed by atoms with Crippen LogP contribution in [0.1, 0.15) is 5.56 Å². The zero-order valence-electron chi connectivity index (χ0n) is 28.7. The lowest BCUT2D eigenvalue weighted by Gasteiger charge is -2.13. The van der Waals surface area contributed by atoms with Crippen molar-refractivity contribution in [2.75, 3.05) is 0 Å². The normalized spacial score (nSPS) is 11.9. The van der Waals surface area contributed by atoms with Gasteiger partial charge in [0, 0.05) is 49.4 Å². The van der Waals surface area contributed by atoms with E-state index in [9.17, 15) is 0 Å². The number of fused-ring (bicyclic) bond motifs is 9. The lowest BCUT2D eigenvalue weighted by molar-refractivity contribution is 1.13. The van der Waals surface area contributed by atoms with Crippen molar-refractivity contribution in [1.82, 2.24) is 13.7 Å². The lowest BCUT2D eigenvalue weighted by atomic mass is 10.0. The Bertz CT molecular complexity index is 3130. The molecule has 244 valence electrons. The van der Waals surface area contributed by atoms with E-state index in [1.54, 1.807) is 0 Å². The van der Waals surface area contributed by atoms with Crippen molar-refractivity contribution in [2.45, 2.75) is 6.92 Å². The molecule has 0 aliphatic heterocycles. The predicted octanol–water partition coefficient (Wildman–Crippen LogP) is 13.0. The first-order valence-corrected chi connectivity index (χ1v) is 17.9. The highest BCUT2D eigenvalue weighted by molar-refractivity contribution is 6.13. The zero-order chi connectivity index (χ0) is 34.3. The molecule has 0 N–H and O–H groups in total. The van der Waals surface area contributed by atoms with Gasteiger partial charge < -0.3 is 13.7 Å². The fourth-order valence-electron chi connectivity index (χ4n) is 8.53. The summed E-state index contributed by atoms with van der Waals surface area (Å²) in [5.41, 5.74) is 14.4. The van der Waals surface area contributed by atoms with E-state index in [1.807, 2.05) is 0 Å². The molecule has 0 saturated carbocycles. The maximum absolute atomic E-state index is 2.42. The van der Waals surface area contributed by atoms with E-state index < -0.39 is 0 Å². The second-order valence-electron chi connectivity index (χ2n) is 13.9. The molecule has 0 amide bonds. The summed E-state index contributed by atoms with van der Waals surface area (Å²) in [5, 5.41) is 7.56. The highest BCUT2D eigenvalue weighted by atomic mass is 15.0. The number of aryl methyl sites for hydroxylation is 1. The fourth-order valence-corrected chi connectivity index (χ4v) is 8.53. The van der Waals surface area contributed by atoms with E-state index in [0.29, 0.717) is 0 Å². The van der Waals surface area contributed by atoms with Crippen molar-refractivity contribution in [3.8, 4) is 28.2 Å². The third-order valence-corrected chi connectivity index (χ3v) is 10.9. The van der Waals surface area contributed by atoms with E-state index in [4.69, 9.17) is 0 Å². The molecule has 0 unspecified atom stereocenters. The summed E-state index contributed by atoms with van der Waals surface area (Å²) < 4.78 is 7.20. The Morgan fingerprint density at radius 1 is 0.269 bits per heavy atom. The molecule has 0 fully saturated rings. The molecule has 11 rings (SSSR count). The van der Waals surface area contributed by atoms with Gasteiger partial charge in [-0.05, 0) is 96.9 Å². The Balaban J connectivity index is 1.08. The quantitative estimate of drug-likeness (QED) is 0.178. The summed E-state index contributed by atoms with van der Waals surface area (Å²) >= 11 is 0. The van der Waals surface area contributed by atoms with E-state index in [0.717, 1.165) is 11.4 Å². The smallest absolute Gasteiger partial charge is 0.0541 e. The molecule has 52 heavy (non-hydrogen) atoms. The topological polar surface area (TPSA) is 14.8 Å². The molecule has 0 spiro atoms. The van der Waals surface area contributed by atoms with Gasteiger partial charge in [-0.25, -0.2) is 0 Å². The Kier molecular flexibility index (Phi) is 6.17. The molecule has 0 bridgehead atoms. The highest BCUT2D eigenvalue weighted by Crippen LogP contribution is 2.39. The zero-order valence-corrected chi connectivity index (χ0v) is 28.7. The van der Waals surface area contributed by atoms with Crippen molar-refractivity contribution in [2.24, 2.45) is 0 Å². The summed E-state index contributed by atoms with van der Waals surface area (Å²) in [6, 6.07) is 66.7. The van der Waals surface area contributed by atoms with Crippen molar-refractivity contribution in [1.29, 1.82) is 0 Å². The molecule has 11 aromatic rings. The molecule has 3 heteroatoms. The lowest BCUT2D eigenvalue weighted by Crippen LogP contribution is -1.98. The Hall–Kier alpha value is -6.84. The Morgan fingerprint density at radius 2 is 0.635 bits per heavy atom. The van der Waals surface area contributed by atoms with Crippen LogP contribution in [0, 0.1) is 6.92 Å². The van der Waals surface area contributed by atoms with Gasteiger partial charge in [-0.1, -0.05) is 109 Å². The van der Waals surface area contributed by atoms with Gasteiger partial charge in [-0.3, -0.25) is 0 Å². The molecule has 0 aliphatic carbocycles. The number of hydrogen-bond acceptors (Lipinski definition) is 0. The molecule has 8 aromatic carbocycles. The average molecular weight is 664 g/mol. The molecule has 0 atom stereocenters. The summed E-state index contributed by atoms with van der Waals surface area (Å²) in [5.74, 6) is 0. The first-order valence-electron chi connectivity index (χ1n) is 17.9. The maximum atomic E-state index is 2.42. The third kappa shape index (κ3) is 4.20. The van der Waals surface area contributed by atoms with Crippen LogP contribution in [0.3, 0.4) is 0 Å². The van der Waals surface area contributed by atoms with Crippen molar-refractivity contribution < 1.29 is 0 Å². The van der Waals surface area contributed by atoms with E-state index in [2.05, 4.69) is 203 Å². The number of hydrogen-bond donors (Lipinski definition) is 0. The number of aromatic nitrogens is 3. The van der Waals surface area contributed by atoms with Crippen molar-refractivity contribution >= 4 is 65.4 Å². The second kappa shape index (κ2) is 11.1. The summed E-state index contributed by atoms with van der Waals surface area (Å²) in [7, 11) is 0. The maximum Gasteiger partial charge on any atom is 0.0541 e. The number of para-hydroxylation sites is 4. The van der Waals surface area contributed by atoms with Crippen LogP contribution in [-0.4, -0.2) is 13.7 Å². The summed E-state index contributed by atoms with van der Waals surface area (Å²) in [6.07, 6.45) is 0. The van der Waals surface area contributed by atoms with E-state index in [-0.39, 0.29) is 0 Å². The van der Waals surface area contributed by atoms with Crippen LogP contribution in [0.5, 0.6) is 0 Å². The summed E-state index contributed by atoms with van der Waals surface area (Å²) in [6.45, 7) is 2.14.